The average Bonchev–Trinajstić information content (AvgIpc) is 3.36. The number of carbonyl (C=O) groups is 2. The topological polar surface area (TPSA) is 178 Å². The van der Waals surface area contributed by atoms with E-state index in [1.807, 2.05) is 12.1 Å². The van der Waals surface area contributed by atoms with Gasteiger partial charge in [0.1, 0.15) is 41.0 Å². The zero-order valence-electron chi connectivity index (χ0n) is 39.2. The van der Waals surface area contributed by atoms with E-state index in [-0.39, 0.29) is 29.4 Å². The molecule has 6 heterocycles. The number of unbranched alkanes of at least 4 members (excludes halogenated alkanes) is 2. The predicted molar refractivity (Wildman–Crippen MR) is 264 cm³/mol. The lowest BCUT2D eigenvalue weighted by Gasteiger charge is -2.17. The van der Waals surface area contributed by atoms with Crippen LogP contribution in [0.2, 0.25) is 0 Å². The number of ketones is 2. The van der Waals surface area contributed by atoms with Gasteiger partial charge in [-0.2, -0.15) is 5.26 Å². The molecule has 2 N–H and O–H groups in total. The Balaban J connectivity index is 0.000000197. The first kappa shape index (κ1) is 52.5. The Labute approximate surface area is 397 Å². The molecule has 2 aliphatic heterocycles. The predicted octanol–water partition coefficient (Wildman–Crippen LogP) is 11.2. The number of nitriles is 1. The van der Waals surface area contributed by atoms with Crippen molar-refractivity contribution >= 4 is 58.7 Å². The largest absolute Gasteiger partial charge is 0.495 e. The van der Waals surface area contributed by atoms with E-state index in [1.165, 1.54) is 56.5 Å². The van der Waals surface area contributed by atoms with Gasteiger partial charge in [0.2, 0.25) is 0 Å². The molecule has 8 rings (SSSR count). The Kier molecular flexibility index (Phi) is 21.1. The molecule has 2 aliphatic rings. The molecule has 4 aromatic heterocycles. The van der Waals surface area contributed by atoms with Gasteiger partial charge in [0, 0.05) is 87.6 Å². The maximum Gasteiger partial charge on any atom is 0.337 e. The van der Waals surface area contributed by atoms with Crippen molar-refractivity contribution in [1.82, 2.24) is 19.9 Å². The van der Waals surface area contributed by atoms with Crippen LogP contribution in [0.15, 0.2) is 91.3 Å². The smallest absolute Gasteiger partial charge is 0.337 e. The number of methoxy groups -OCH3 is 1. The number of anilines is 2. The third-order valence-corrected chi connectivity index (χ3v) is 12.9. The Hall–Kier alpha value is -6.46. The highest BCUT2D eigenvalue weighted by Gasteiger charge is 2.25. The highest BCUT2D eigenvalue weighted by atomic mass is 31.2. The summed E-state index contributed by atoms with van der Waals surface area (Å²) in [5.74, 6) is 2.15. The van der Waals surface area contributed by atoms with Crippen molar-refractivity contribution in [1.29, 1.82) is 5.26 Å². The second-order valence-corrected chi connectivity index (χ2v) is 18.4. The highest BCUT2D eigenvalue weighted by molar-refractivity contribution is 7.54. The molecule has 13 nitrogen and oxygen atoms in total. The fraction of sp³-hybridized carbons (Fsp3) is 0.365. The molecule has 16 heteroatoms. The minimum Gasteiger partial charge on any atom is -0.495 e. The second kappa shape index (κ2) is 27.4. The van der Waals surface area contributed by atoms with Gasteiger partial charge in [0.25, 0.3) is 0 Å². The second-order valence-electron chi connectivity index (χ2n) is 16.1. The summed E-state index contributed by atoms with van der Waals surface area (Å²) in [7, 11) is 0.946. The van der Waals surface area contributed by atoms with Crippen LogP contribution in [0, 0.1) is 23.0 Å². The van der Waals surface area contributed by atoms with E-state index < -0.39 is 7.60 Å². The number of ether oxygens (including phenoxy) is 1. The Bertz CT molecular complexity index is 2740. The lowest BCUT2D eigenvalue weighted by Crippen LogP contribution is -2.14. The SMILES string of the molecule is CC#N.COP(=O)(CC(=O)CCCCc1ccc2c(n1)NCCC2)OC.COc1cnc2cc(F)ccc2c1.O=C(/C=C/c1cnc2cc(F)ccc2c1)CCCCc1ccc2c(n1)NCCC2. The molecule has 0 bridgehead atoms. The van der Waals surface area contributed by atoms with E-state index in [9.17, 15) is 22.9 Å². The Morgan fingerprint density at radius 3 is 1.81 bits per heavy atom. The van der Waals surface area contributed by atoms with Gasteiger partial charge in [-0.25, -0.2) is 18.7 Å². The number of Topliss-reactive ketones (excluding diaryl/α,β-unsaturated/α-hetero) is 1. The lowest BCUT2D eigenvalue weighted by atomic mass is 10.0. The van der Waals surface area contributed by atoms with Crippen molar-refractivity contribution in [3.05, 3.63) is 131 Å². The summed E-state index contributed by atoms with van der Waals surface area (Å²) in [5.41, 5.74) is 6.80. The van der Waals surface area contributed by atoms with E-state index >= 15 is 0 Å². The molecule has 0 fully saturated rings. The number of aromatic nitrogens is 4. The normalized spacial score (nSPS) is 12.6. The summed E-state index contributed by atoms with van der Waals surface area (Å²) in [6.45, 7) is 3.41. The van der Waals surface area contributed by atoms with Gasteiger partial charge < -0.3 is 24.4 Å². The number of nitrogens with zero attached hydrogens (tertiary/aromatic N) is 5. The van der Waals surface area contributed by atoms with Gasteiger partial charge in [-0.1, -0.05) is 12.1 Å². The van der Waals surface area contributed by atoms with Gasteiger partial charge in [0.05, 0.1) is 30.4 Å². The van der Waals surface area contributed by atoms with Crippen molar-refractivity contribution in [2.24, 2.45) is 0 Å². The van der Waals surface area contributed by atoms with Crippen LogP contribution < -0.4 is 15.4 Å². The summed E-state index contributed by atoms with van der Waals surface area (Å²) < 4.78 is 52.4. The summed E-state index contributed by atoms with van der Waals surface area (Å²) in [5, 5.41) is 15.7. The summed E-state index contributed by atoms with van der Waals surface area (Å²) >= 11 is 0. The number of hydrogen-bond donors (Lipinski definition) is 2. The van der Waals surface area contributed by atoms with Crippen LogP contribution in [0.1, 0.15) is 86.4 Å². The highest BCUT2D eigenvalue weighted by Crippen LogP contribution is 2.46. The standard InChI is InChI=1S/C24H24FN3O.C16H25N2O4P.C10H8FNO.C2H3N/c25-20-10-8-19-14-17(16-27-23(19)15-20)7-12-22(29)6-2-1-5-21-11-9-18-4-3-13-26-24(18)28-21;1-21-23(20,22-2)12-15(19)8-4-3-7-14-10-9-13-6-5-11-17-16(13)18-14;1-13-9-4-7-2-3-8(11)5-10(7)12-6-9;1-2-3/h7-12,14-16H,1-6,13H2,(H,26,28);9-10H,3-8,11-12H2,1-2H3,(H,17,18);2-6H,1H3;1H3/b12-7+;;;. The maximum absolute atomic E-state index is 13.2. The third-order valence-electron chi connectivity index (χ3n) is 11.1. The number of aryl methyl sites for hydroxylation is 4. The molecule has 0 saturated carbocycles. The summed E-state index contributed by atoms with van der Waals surface area (Å²) in [6, 6.07) is 23.0. The van der Waals surface area contributed by atoms with Crippen molar-refractivity contribution in [2.75, 3.05) is 51.2 Å². The van der Waals surface area contributed by atoms with Crippen LogP contribution >= 0.6 is 7.60 Å². The Morgan fingerprint density at radius 1 is 0.735 bits per heavy atom. The van der Waals surface area contributed by atoms with E-state index in [0.29, 0.717) is 29.6 Å². The number of hydrogen-bond acceptors (Lipinski definition) is 13. The molecule has 0 saturated heterocycles. The molecule has 6 aromatic rings. The first-order valence-corrected chi connectivity index (χ1v) is 24.5. The molecule has 2 aromatic carbocycles. The van der Waals surface area contributed by atoms with Gasteiger partial charge in [-0.15, -0.1) is 0 Å². The molecule has 0 spiro atoms. The van der Waals surface area contributed by atoms with Gasteiger partial charge >= 0.3 is 7.60 Å². The molecule has 68 heavy (non-hydrogen) atoms. The summed E-state index contributed by atoms with van der Waals surface area (Å²) in [4.78, 5) is 41.6. The zero-order chi connectivity index (χ0) is 48.7. The van der Waals surface area contributed by atoms with E-state index in [2.05, 4.69) is 49.9 Å². The lowest BCUT2D eigenvalue weighted by molar-refractivity contribution is -0.117. The molecule has 0 amide bonds. The van der Waals surface area contributed by atoms with Crippen molar-refractivity contribution in [3.8, 4) is 11.8 Å². The fourth-order valence-electron chi connectivity index (χ4n) is 7.41. The molecular formula is C52H60F2N7O6P. The molecule has 0 atom stereocenters. The van der Waals surface area contributed by atoms with Crippen LogP contribution in [0.25, 0.3) is 27.9 Å². The van der Waals surface area contributed by atoms with Crippen molar-refractivity contribution in [2.45, 2.75) is 84.0 Å². The maximum atomic E-state index is 13.2. The van der Waals surface area contributed by atoms with Gasteiger partial charge in [0.15, 0.2) is 5.78 Å². The molecule has 0 aliphatic carbocycles. The number of benzene rings is 2. The molecule has 358 valence electrons. The number of pyridine rings is 4. The zero-order valence-corrected chi connectivity index (χ0v) is 40.1. The number of nitrogens with one attached hydrogen (secondary N) is 2. The Morgan fingerprint density at radius 2 is 1.26 bits per heavy atom. The molecule has 0 radical (unpaired) electrons. The van der Waals surface area contributed by atoms with Crippen LogP contribution in [0.4, 0.5) is 20.4 Å². The van der Waals surface area contributed by atoms with E-state index in [1.54, 1.807) is 49.9 Å². The monoisotopic (exact) mass is 947 g/mol. The van der Waals surface area contributed by atoms with Gasteiger partial charge in [-0.05, 0) is 142 Å². The number of carbonyl (C=O) groups excluding carboxylic acids is 2. The van der Waals surface area contributed by atoms with Crippen LogP contribution in [-0.4, -0.2) is 72.1 Å². The van der Waals surface area contributed by atoms with Crippen molar-refractivity contribution < 1.29 is 36.7 Å². The minimum absolute atomic E-state index is 0.0860. The van der Waals surface area contributed by atoms with Crippen LogP contribution in [0.3, 0.4) is 0 Å². The number of rotatable bonds is 17. The van der Waals surface area contributed by atoms with E-state index in [4.69, 9.17) is 24.0 Å². The first-order valence-electron chi connectivity index (χ1n) is 22.8. The third kappa shape index (κ3) is 17.0. The van der Waals surface area contributed by atoms with E-state index in [0.717, 1.165) is 117 Å². The quantitative estimate of drug-likeness (QED) is 0.0502. The first-order chi connectivity index (χ1) is 32.9. The van der Waals surface area contributed by atoms with Crippen LogP contribution in [0.5, 0.6) is 5.75 Å². The summed E-state index contributed by atoms with van der Waals surface area (Å²) in [6.07, 6.45) is 17.0. The molecular weight excluding hydrogens is 888 g/mol. The number of allylic oxidation sites excluding steroid dienone is 1. The minimum atomic E-state index is -3.23. The molecule has 0 unspecified atom stereocenters. The number of halogens is 2. The van der Waals surface area contributed by atoms with Crippen LogP contribution in [-0.2, 0) is 48.9 Å². The van der Waals surface area contributed by atoms with Gasteiger partial charge in [-0.3, -0.25) is 24.1 Å². The number of fused-ring (bicyclic) bond motifs is 4. The van der Waals surface area contributed by atoms with Crippen molar-refractivity contribution in [3.63, 3.8) is 0 Å². The fourth-order valence-corrected chi connectivity index (χ4v) is 8.41. The average molecular weight is 948 g/mol.